The molecule has 1 aromatic rings. The van der Waals surface area contributed by atoms with Crippen LogP contribution in [0.4, 0.5) is 0 Å². The second-order valence-corrected chi connectivity index (χ2v) is 4.67. The fourth-order valence-electron chi connectivity index (χ4n) is 1.50. The van der Waals surface area contributed by atoms with E-state index in [-0.39, 0.29) is 6.61 Å². The predicted molar refractivity (Wildman–Crippen MR) is 68.9 cm³/mol. The largest absolute Gasteiger partial charge is 0.488 e. The van der Waals surface area contributed by atoms with Crippen molar-refractivity contribution in [1.29, 1.82) is 0 Å². The van der Waals surface area contributed by atoms with Crippen LogP contribution in [0.3, 0.4) is 0 Å². The van der Waals surface area contributed by atoms with Gasteiger partial charge in [0.15, 0.2) is 0 Å². The zero-order valence-electron chi connectivity index (χ0n) is 9.57. The molecule has 0 fully saturated rings. The molecule has 0 radical (unpaired) electrons. The van der Waals surface area contributed by atoms with Gasteiger partial charge in [0.2, 0.25) is 0 Å². The van der Waals surface area contributed by atoms with E-state index >= 15 is 0 Å². The Labute approximate surface area is 111 Å². The van der Waals surface area contributed by atoms with E-state index in [2.05, 4.69) is 0 Å². The summed E-state index contributed by atoms with van der Waals surface area (Å²) in [6.07, 6.45) is 0.120. The molecule has 2 atom stereocenters. The van der Waals surface area contributed by atoms with Gasteiger partial charge in [-0.05, 0) is 24.6 Å². The van der Waals surface area contributed by atoms with Gasteiger partial charge in [-0.2, -0.15) is 0 Å². The fraction of sp³-hybridized carbons (Fsp3) is 0.500. The Morgan fingerprint density at radius 1 is 1.24 bits per heavy atom. The summed E-state index contributed by atoms with van der Waals surface area (Å²) in [6, 6.07) is 4.85. The molecule has 0 aromatic heterocycles. The first kappa shape index (κ1) is 14.6. The lowest BCUT2D eigenvalue weighted by atomic mass is 10.1. The molecular formula is C12H16Cl2O3. The van der Waals surface area contributed by atoms with Crippen LogP contribution in [0.25, 0.3) is 0 Å². The molecule has 0 saturated carbocycles. The van der Waals surface area contributed by atoms with Crippen LogP contribution in [0.1, 0.15) is 19.8 Å². The third kappa shape index (κ3) is 4.72. The highest BCUT2D eigenvalue weighted by Crippen LogP contribution is 2.26. The molecule has 0 saturated heterocycles. The summed E-state index contributed by atoms with van der Waals surface area (Å²) in [6.45, 7) is 1.64. The van der Waals surface area contributed by atoms with Crippen LogP contribution in [0, 0.1) is 0 Å². The Bertz CT molecular complexity index is 337. The summed E-state index contributed by atoms with van der Waals surface area (Å²) in [5.41, 5.74) is 0. The molecule has 1 aromatic carbocycles. The van der Waals surface area contributed by atoms with Crippen molar-refractivity contribution in [2.75, 3.05) is 6.61 Å². The summed E-state index contributed by atoms with van der Waals surface area (Å²) >= 11 is 11.7. The van der Waals surface area contributed by atoms with E-state index in [0.717, 1.165) is 6.42 Å². The molecule has 0 spiro atoms. The second-order valence-electron chi connectivity index (χ2n) is 3.80. The lowest BCUT2D eigenvalue weighted by Gasteiger charge is -2.22. The van der Waals surface area contributed by atoms with E-state index in [0.29, 0.717) is 22.2 Å². The number of aliphatic hydroxyl groups is 2. The molecule has 3 nitrogen and oxygen atoms in total. The number of ether oxygens (including phenoxy) is 1. The number of halogens is 2. The smallest absolute Gasteiger partial charge is 0.127 e. The van der Waals surface area contributed by atoms with Crippen molar-refractivity contribution in [3.63, 3.8) is 0 Å². The van der Waals surface area contributed by atoms with Gasteiger partial charge in [0.25, 0.3) is 0 Å². The van der Waals surface area contributed by atoms with Crippen molar-refractivity contribution in [3.8, 4) is 5.75 Å². The van der Waals surface area contributed by atoms with Crippen molar-refractivity contribution < 1.29 is 14.9 Å². The minimum Gasteiger partial charge on any atom is -0.488 e. The second kappa shape index (κ2) is 7.07. The van der Waals surface area contributed by atoms with Crippen molar-refractivity contribution in [2.24, 2.45) is 0 Å². The van der Waals surface area contributed by atoms with Gasteiger partial charge in [-0.25, -0.2) is 0 Å². The third-order valence-corrected chi connectivity index (χ3v) is 2.75. The Balaban J connectivity index is 2.77. The zero-order chi connectivity index (χ0) is 12.8. The quantitative estimate of drug-likeness (QED) is 0.841. The average Bonchev–Trinajstić information content (AvgIpc) is 2.26. The maximum absolute atomic E-state index is 9.61. The number of rotatable bonds is 6. The SMILES string of the molecule is CCCC(Oc1cc(Cl)cc(Cl)c1)C(O)CO. The molecule has 5 heteroatoms. The molecule has 2 N–H and O–H groups in total. The molecular weight excluding hydrogens is 263 g/mol. The van der Waals surface area contributed by atoms with E-state index in [1.807, 2.05) is 6.92 Å². The third-order valence-electron chi connectivity index (χ3n) is 2.31. The highest BCUT2D eigenvalue weighted by Gasteiger charge is 2.19. The first-order valence-corrected chi connectivity index (χ1v) is 6.24. The summed E-state index contributed by atoms with van der Waals surface area (Å²) in [5, 5.41) is 19.5. The van der Waals surface area contributed by atoms with Crippen molar-refractivity contribution >= 4 is 23.2 Å². The molecule has 0 bridgehead atoms. The Kier molecular flexibility index (Phi) is 6.06. The molecule has 2 unspecified atom stereocenters. The maximum atomic E-state index is 9.61. The first-order valence-electron chi connectivity index (χ1n) is 5.48. The summed E-state index contributed by atoms with van der Waals surface area (Å²) in [4.78, 5) is 0. The predicted octanol–water partition coefficient (Wildman–Crippen LogP) is 2.89. The Morgan fingerprint density at radius 2 is 1.82 bits per heavy atom. The maximum Gasteiger partial charge on any atom is 0.127 e. The van der Waals surface area contributed by atoms with Crippen LogP contribution in [0.2, 0.25) is 10.0 Å². The Hall–Kier alpha value is -0.480. The van der Waals surface area contributed by atoms with Gasteiger partial charge in [-0.1, -0.05) is 36.5 Å². The van der Waals surface area contributed by atoms with E-state index in [1.165, 1.54) is 0 Å². The fourth-order valence-corrected chi connectivity index (χ4v) is 2.01. The summed E-state index contributed by atoms with van der Waals surface area (Å²) < 4.78 is 5.59. The number of hydrogen-bond donors (Lipinski definition) is 2. The molecule has 0 aliphatic rings. The summed E-state index contributed by atoms with van der Waals surface area (Å²) in [7, 11) is 0. The van der Waals surface area contributed by atoms with Gasteiger partial charge in [0.1, 0.15) is 18.0 Å². The van der Waals surface area contributed by atoms with Crippen LogP contribution in [-0.4, -0.2) is 29.0 Å². The van der Waals surface area contributed by atoms with E-state index in [9.17, 15) is 5.11 Å². The summed E-state index contributed by atoms with van der Waals surface area (Å²) in [5.74, 6) is 0.494. The van der Waals surface area contributed by atoms with Gasteiger partial charge < -0.3 is 14.9 Å². The first-order chi connectivity index (χ1) is 8.06. The monoisotopic (exact) mass is 278 g/mol. The minimum atomic E-state index is -0.910. The molecule has 0 aliphatic carbocycles. The van der Waals surface area contributed by atoms with Gasteiger partial charge in [0.05, 0.1) is 6.61 Å². The van der Waals surface area contributed by atoms with Gasteiger partial charge in [0, 0.05) is 10.0 Å². The lowest BCUT2D eigenvalue weighted by molar-refractivity contribution is -0.00454. The highest BCUT2D eigenvalue weighted by atomic mass is 35.5. The van der Waals surface area contributed by atoms with Gasteiger partial charge in [-0.15, -0.1) is 0 Å². The van der Waals surface area contributed by atoms with Gasteiger partial charge >= 0.3 is 0 Å². The molecule has 96 valence electrons. The van der Waals surface area contributed by atoms with Crippen molar-refractivity contribution in [3.05, 3.63) is 28.2 Å². The van der Waals surface area contributed by atoms with E-state index < -0.39 is 12.2 Å². The van der Waals surface area contributed by atoms with Crippen LogP contribution in [0.5, 0.6) is 5.75 Å². The molecule has 1 rings (SSSR count). The van der Waals surface area contributed by atoms with Crippen molar-refractivity contribution in [2.45, 2.75) is 32.0 Å². The molecule has 0 heterocycles. The van der Waals surface area contributed by atoms with Gasteiger partial charge in [-0.3, -0.25) is 0 Å². The molecule has 17 heavy (non-hydrogen) atoms. The standard InChI is InChI=1S/C12H16Cl2O3/c1-2-3-12(11(16)7-15)17-10-5-8(13)4-9(14)6-10/h4-6,11-12,15-16H,2-3,7H2,1H3. The van der Waals surface area contributed by atoms with Crippen LogP contribution in [-0.2, 0) is 0 Å². The molecule has 0 aliphatic heterocycles. The topological polar surface area (TPSA) is 49.7 Å². The van der Waals surface area contributed by atoms with Crippen LogP contribution < -0.4 is 4.74 Å². The number of hydrogen-bond acceptors (Lipinski definition) is 3. The van der Waals surface area contributed by atoms with E-state index in [1.54, 1.807) is 18.2 Å². The number of aliphatic hydroxyl groups excluding tert-OH is 2. The lowest BCUT2D eigenvalue weighted by Crippen LogP contribution is -2.34. The normalized spacial score (nSPS) is 14.4. The van der Waals surface area contributed by atoms with Crippen molar-refractivity contribution in [1.82, 2.24) is 0 Å². The number of benzene rings is 1. The molecule has 0 amide bonds. The average molecular weight is 279 g/mol. The zero-order valence-corrected chi connectivity index (χ0v) is 11.1. The van der Waals surface area contributed by atoms with Crippen LogP contribution >= 0.6 is 23.2 Å². The van der Waals surface area contributed by atoms with E-state index in [4.69, 9.17) is 33.0 Å². The van der Waals surface area contributed by atoms with Crippen LogP contribution in [0.15, 0.2) is 18.2 Å². The minimum absolute atomic E-state index is 0.334. The Morgan fingerprint density at radius 3 is 2.29 bits per heavy atom. The highest BCUT2D eigenvalue weighted by molar-refractivity contribution is 6.34.